The fourth-order valence-electron chi connectivity index (χ4n) is 0.440. The van der Waals surface area contributed by atoms with Crippen molar-refractivity contribution in [1.29, 1.82) is 0 Å². The monoisotopic (exact) mass is 236 g/mol. The molecule has 0 saturated carbocycles. The molecule has 0 atom stereocenters. The van der Waals surface area contributed by atoms with E-state index >= 15 is 0 Å². The Morgan fingerprint density at radius 3 is 1.14 bits per heavy atom. The van der Waals surface area contributed by atoms with E-state index in [4.69, 9.17) is 33.8 Å². The lowest BCUT2D eigenvalue weighted by Crippen LogP contribution is -2.16. The SMILES string of the molecule is C1COCCO1.CO.O.O=P(O)(O)O. The molecule has 6 N–H and O–H groups in total. The van der Waals surface area contributed by atoms with Crippen LogP contribution in [0, 0.1) is 0 Å². The Hall–Kier alpha value is -0.0500. The van der Waals surface area contributed by atoms with Gasteiger partial charge in [-0.05, 0) is 0 Å². The van der Waals surface area contributed by atoms with E-state index < -0.39 is 7.82 Å². The van der Waals surface area contributed by atoms with Crippen LogP contribution in [0.5, 0.6) is 0 Å². The topological polar surface area (TPSA) is 148 Å². The molecule has 0 radical (unpaired) electrons. The molecule has 1 aliphatic heterocycles. The smallest absolute Gasteiger partial charge is 0.412 e. The van der Waals surface area contributed by atoms with Crippen LogP contribution < -0.4 is 0 Å². The average Bonchev–Trinajstić information content (AvgIpc) is 2.08. The molecule has 0 bridgehead atoms. The van der Waals surface area contributed by atoms with Gasteiger partial charge in [0.25, 0.3) is 0 Å². The van der Waals surface area contributed by atoms with Crippen LogP contribution in [-0.2, 0) is 14.0 Å². The first-order valence-corrected chi connectivity index (χ1v) is 4.95. The van der Waals surface area contributed by atoms with E-state index in [1.54, 1.807) is 0 Å². The minimum Gasteiger partial charge on any atom is -0.412 e. The highest BCUT2D eigenvalue weighted by atomic mass is 31.2. The molecule has 8 nitrogen and oxygen atoms in total. The zero-order valence-corrected chi connectivity index (χ0v) is 8.68. The third kappa shape index (κ3) is 40.5. The molecule has 0 spiro atoms. The number of aliphatic hydroxyl groups is 1. The lowest BCUT2D eigenvalue weighted by atomic mass is 10.6. The van der Waals surface area contributed by atoms with Crippen molar-refractivity contribution in [2.45, 2.75) is 0 Å². The summed E-state index contributed by atoms with van der Waals surface area (Å²) >= 11 is 0. The minimum atomic E-state index is -4.64. The molecule has 0 aromatic carbocycles. The lowest BCUT2D eigenvalue weighted by molar-refractivity contribution is -0.0334. The molecule has 1 saturated heterocycles. The second-order valence-electron chi connectivity index (χ2n) is 1.74. The largest absolute Gasteiger partial charge is 0.466 e. The molecule has 0 unspecified atom stereocenters. The zero-order valence-electron chi connectivity index (χ0n) is 7.79. The summed E-state index contributed by atoms with van der Waals surface area (Å²) in [6.07, 6.45) is 0. The molecular formula is C5H17O8P. The summed E-state index contributed by atoms with van der Waals surface area (Å²) in [6, 6.07) is 0. The Morgan fingerprint density at radius 2 is 1.07 bits per heavy atom. The standard InChI is InChI=1S/C4H8O2.CH4O.H3O4P.H2O/c1-2-6-4-3-5-1;1-2;1-5(2,3)4;/h1-4H2;2H,1H3;(H3,1,2,3,4);1H2. The first-order chi connectivity index (χ1) is 6.00. The normalized spacial score (nSPS) is 14.9. The molecule has 0 aromatic rings. The van der Waals surface area contributed by atoms with Gasteiger partial charge in [0.15, 0.2) is 0 Å². The summed E-state index contributed by atoms with van der Waals surface area (Å²) in [4.78, 5) is 21.6. The predicted octanol–water partition coefficient (Wildman–Crippen LogP) is -2.11. The van der Waals surface area contributed by atoms with E-state index in [0.29, 0.717) is 0 Å². The minimum absolute atomic E-state index is 0. The highest BCUT2D eigenvalue weighted by molar-refractivity contribution is 7.45. The lowest BCUT2D eigenvalue weighted by Gasteiger charge is -2.09. The van der Waals surface area contributed by atoms with E-state index in [1.807, 2.05) is 0 Å². The summed E-state index contributed by atoms with van der Waals surface area (Å²) in [5, 5.41) is 7.00. The zero-order chi connectivity index (χ0) is 10.7. The first-order valence-electron chi connectivity index (χ1n) is 3.38. The number of phosphoric acid groups is 1. The number of ether oxygens (including phenoxy) is 2. The van der Waals surface area contributed by atoms with Gasteiger partial charge in [-0.2, -0.15) is 0 Å². The number of rotatable bonds is 0. The van der Waals surface area contributed by atoms with Gasteiger partial charge in [0.2, 0.25) is 0 Å². The van der Waals surface area contributed by atoms with Gasteiger partial charge in [0.05, 0.1) is 26.4 Å². The number of hydrogen-bond donors (Lipinski definition) is 4. The van der Waals surface area contributed by atoms with Crippen LogP contribution in [0.1, 0.15) is 0 Å². The highest BCUT2D eigenvalue weighted by Crippen LogP contribution is 2.25. The van der Waals surface area contributed by atoms with E-state index in [0.717, 1.165) is 33.5 Å². The Balaban J connectivity index is -0.000000141. The van der Waals surface area contributed by atoms with Gasteiger partial charge in [-0.3, -0.25) is 0 Å². The van der Waals surface area contributed by atoms with Crippen molar-refractivity contribution in [2.75, 3.05) is 33.5 Å². The van der Waals surface area contributed by atoms with Gasteiger partial charge in [-0.15, -0.1) is 0 Å². The molecule has 0 aliphatic carbocycles. The molecule has 90 valence electrons. The van der Waals surface area contributed by atoms with E-state index in [-0.39, 0.29) is 5.48 Å². The molecule has 1 fully saturated rings. The quantitative estimate of drug-likeness (QED) is 0.351. The molecule has 1 rings (SSSR count). The predicted molar refractivity (Wildman–Crippen MR) is 47.7 cm³/mol. The van der Waals surface area contributed by atoms with Crippen LogP contribution >= 0.6 is 7.82 Å². The van der Waals surface area contributed by atoms with Crippen LogP contribution in [-0.4, -0.2) is 58.8 Å². The summed E-state index contributed by atoms with van der Waals surface area (Å²) in [5.74, 6) is 0. The van der Waals surface area contributed by atoms with Crippen LogP contribution in [0.4, 0.5) is 0 Å². The van der Waals surface area contributed by atoms with Crippen LogP contribution in [0.15, 0.2) is 0 Å². The molecule has 0 aromatic heterocycles. The molecular weight excluding hydrogens is 219 g/mol. The van der Waals surface area contributed by atoms with Gasteiger partial charge in [-0.1, -0.05) is 0 Å². The van der Waals surface area contributed by atoms with Crippen LogP contribution in [0.25, 0.3) is 0 Å². The second-order valence-corrected chi connectivity index (χ2v) is 2.76. The van der Waals surface area contributed by atoms with Gasteiger partial charge < -0.3 is 34.7 Å². The van der Waals surface area contributed by atoms with Gasteiger partial charge in [0, 0.05) is 7.11 Å². The van der Waals surface area contributed by atoms with Crippen LogP contribution in [0.2, 0.25) is 0 Å². The third-order valence-corrected chi connectivity index (χ3v) is 0.744. The summed E-state index contributed by atoms with van der Waals surface area (Å²) in [5.41, 5.74) is 0. The van der Waals surface area contributed by atoms with Gasteiger partial charge in [0.1, 0.15) is 0 Å². The van der Waals surface area contributed by atoms with Crippen molar-refractivity contribution < 1.29 is 39.3 Å². The maximum Gasteiger partial charge on any atom is 0.466 e. The number of hydrogen-bond acceptors (Lipinski definition) is 4. The Labute approximate surface area is 81.6 Å². The summed E-state index contributed by atoms with van der Waals surface area (Å²) in [7, 11) is -3.64. The van der Waals surface area contributed by atoms with Crippen molar-refractivity contribution in [1.82, 2.24) is 0 Å². The number of aliphatic hydroxyl groups excluding tert-OH is 1. The van der Waals surface area contributed by atoms with Crippen molar-refractivity contribution >= 4 is 7.82 Å². The summed E-state index contributed by atoms with van der Waals surface area (Å²) in [6.45, 7) is 3.11. The van der Waals surface area contributed by atoms with Crippen molar-refractivity contribution in [2.24, 2.45) is 0 Å². The fraction of sp³-hybridized carbons (Fsp3) is 1.00. The third-order valence-electron chi connectivity index (χ3n) is 0.744. The second kappa shape index (κ2) is 12.9. The van der Waals surface area contributed by atoms with Gasteiger partial charge >= 0.3 is 7.82 Å². The Kier molecular flexibility index (Phi) is 18.0. The van der Waals surface area contributed by atoms with E-state index in [2.05, 4.69) is 0 Å². The van der Waals surface area contributed by atoms with Crippen molar-refractivity contribution in [3.63, 3.8) is 0 Å². The Bertz CT molecular complexity index is 110. The average molecular weight is 236 g/mol. The Morgan fingerprint density at radius 1 is 0.929 bits per heavy atom. The van der Waals surface area contributed by atoms with Gasteiger partial charge in [-0.25, -0.2) is 4.57 Å². The molecule has 9 heteroatoms. The molecule has 1 heterocycles. The maximum atomic E-state index is 8.88. The van der Waals surface area contributed by atoms with E-state index in [9.17, 15) is 0 Å². The fourth-order valence-corrected chi connectivity index (χ4v) is 0.440. The summed E-state index contributed by atoms with van der Waals surface area (Å²) < 4.78 is 18.8. The molecule has 1 aliphatic rings. The van der Waals surface area contributed by atoms with Crippen molar-refractivity contribution in [3.05, 3.63) is 0 Å². The molecule has 14 heavy (non-hydrogen) atoms. The highest BCUT2D eigenvalue weighted by Gasteiger charge is 2.00. The van der Waals surface area contributed by atoms with Crippen molar-refractivity contribution in [3.8, 4) is 0 Å². The van der Waals surface area contributed by atoms with Crippen LogP contribution in [0.3, 0.4) is 0 Å². The maximum absolute atomic E-state index is 8.88. The first kappa shape index (κ1) is 19.5. The van der Waals surface area contributed by atoms with E-state index in [1.165, 1.54) is 0 Å². The molecule has 0 amide bonds.